The number of nitrogens with zero attached hydrogens (tertiary/aromatic N) is 2. The number of hydrogen-bond acceptors (Lipinski definition) is 3. The van der Waals surface area contributed by atoms with E-state index in [2.05, 4.69) is 20.9 Å². The molecule has 0 aromatic carbocycles. The number of rotatable bonds is 1. The molecule has 4 nitrogen and oxygen atoms in total. The molecule has 58 valence electrons. The number of nitro groups is 1. The van der Waals surface area contributed by atoms with E-state index in [1.807, 2.05) is 0 Å². The third kappa shape index (κ3) is 1.70. The van der Waals surface area contributed by atoms with Crippen molar-refractivity contribution in [3.8, 4) is 0 Å². The Balaban J connectivity index is 3.23. The summed E-state index contributed by atoms with van der Waals surface area (Å²) in [7, 11) is 0. The van der Waals surface area contributed by atoms with Gasteiger partial charge in [-0.2, -0.15) is 4.39 Å². The monoisotopic (exact) mass is 220 g/mol. The van der Waals surface area contributed by atoms with Crippen molar-refractivity contribution in [2.45, 2.75) is 0 Å². The first kappa shape index (κ1) is 8.06. The molecule has 1 heterocycles. The Hall–Kier alpha value is -1.04. The Morgan fingerprint density at radius 1 is 1.73 bits per heavy atom. The second kappa shape index (κ2) is 2.91. The molecular weight excluding hydrogens is 219 g/mol. The van der Waals surface area contributed by atoms with Crippen molar-refractivity contribution in [1.29, 1.82) is 0 Å². The molecule has 0 atom stereocenters. The van der Waals surface area contributed by atoms with Gasteiger partial charge >= 0.3 is 5.69 Å². The lowest BCUT2D eigenvalue weighted by Crippen LogP contribution is -1.94. The van der Waals surface area contributed by atoms with Crippen molar-refractivity contribution in [1.82, 2.24) is 4.98 Å². The molecule has 6 heteroatoms. The fourth-order valence-electron chi connectivity index (χ4n) is 0.540. The zero-order chi connectivity index (χ0) is 8.43. The van der Waals surface area contributed by atoms with Crippen molar-refractivity contribution >= 4 is 21.6 Å². The molecular formula is C5H2BrFN2O2. The second-order valence-corrected chi connectivity index (χ2v) is 2.64. The summed E-state index contributed by atoms with van der Waals surface area (Å²) in [4.78, 5) is 12.4. The SMILES string of the molecule is O=[N+]([O-])c1cc(Br)cnc1F. The van der Waals surface area contributed by atoms with Gasteiger partial charge in [-0.1, -0.05) is 0 Å². The molecule has 0 aliphatic rings. The van der Waals surface area contributed by atoms with Crippen molar-refractivity contribution in [2.24, 2.45) is 0 Å². The van der Waals surface area contributed by atoms with Crippen molar-refractivity contribution < 1.29 is 9.31 Å². The van der Waals surface area contributed by atoms with Crippen LogP contribution in [0, 0.1) is 16.1 Å². The molecule has 0 N–H and O–H groups in total. The highest BCUT2D eigenvalue weighted by atomic mass is 79.9. The van der Waals surface area contributed by atoms with E-state index < -0.39 is 16.6 Å². The van der Waals surface area contributed by atoms with Gasteiger partial charge in [0.25, 0.3) is 5.95 Å². The summed E-state index contributed by atoms with van der Waals surface area (Å²) in [6, 6.07) is 1.06. The van der Waals surface area contributed by atoms with E-state index in [0.717, 1.165) is 12.3 Å². The summed E-state index contributed by atoms with van der Waals surface area (Å²) in [6.07, 6.45) is 1.16. The predicted molar refractivity (Wildman–Crippen MR) is 38.5 cm³/mol. The van der Waals surface area contributed by atoms with Crippen LogP contribution >= 0.6 is 15.9 Å². The van der Waals surface area contributed by atoms with Crippen LogP contribution in [0.25, 0.3) is 0 Å². The van der Waals surface area contributed by atoms with Crippen LogP contribution in [0.3, 0.4) is 0 Å². The molecule has 0 radical (unpaired) electrons. The molecule has 0 amide bonds. The number of pyridine rings is 1. The first-order chi connectivity index (χ1) is 5.11. The van der Waals surface area contributed by atoms with Gasteiger partial charge in [-0.15, -0.1) is 0 Å². The zero-order valence-corrected chi connectivity index (χ0v) is 6.71. The maximum atomic E-state index is 12.4. The molecule has 0 saturated carbocycles. The van der Waals surface area contributed by atoms with Gasteiger partial charge in [-0.05, 0) is 15.9 Å². The highest BCUT2D eigenvalue weighted by Crippen LogP contribution is 2.19. The van der Waals surface area contributed by atoms with Gasteiger partial charge in [0.05, 0.1) is 4.92 Å². The highest BCUT2D eigenvalue weighted by molar-refractivity contribution is 9.10. The second-order valence-electron chi connectivity index (χ2n) is 1.72. The van der Waals surface area contributed by atoms with Crippen LogP contribution in [0.2, 0.25) is 0 Å². The minimum Gasteiger partial charge on any atom is -0.258 e. The van der Waals surface area contributed by atoms with E-state index in [4.69, 9.17) is 0 Å². The quantitative estimate of drug-likeness (QED) is 0.413. The van der Waals surface area contributed by atoms with Crippen molar-refractivity contribution in [3.05, 3.63) is 32.8 Å². The van der Waals surface area contributed by atoms with Crippen LogP contribution in [-0.2, 0) is 0 Å². The number of aromatic nitrogens is 1. The average molecular weight is 221 g/mol. The lowest BCUT2D eigenvalue weighted by molar-refractivity contribution is -0.388. The third-order valence-corrected chi connectivity index (χ3v) is 1.42. The summed E-state index contributed by atoms with van der Waals surface area (Å²) in [5.74, 6) is -1.07. The molecule has 0 aliphatic heterocycles. The summed E-state index contributed by atoms with van der Waals surface area (Å²) < 4.78 is 12.8. The van der Waals surface area contributed by atoms with E-state index in [9.17, 15) is 14.5 Å². The molecule has 0 aliphatic carbocycles. The van der Waals surface area contributed by atoms with E-state index in [-0.39, 0.29) is 0 Å². The smallest absolute Gasteiger partial charge is 0.258 e. The van der Waals surface area contributed by atoms with Gasteiger partial charge in [0.2, 0.25) is 0 Å². The Labute approximate surface area is 69.3 Å². The Bertz CT molecular complexity index is 305. The van der Waals surface area contributed by atoms with Gasteiger partial charge in [0.1, 0.15) is 0 Å². The van der Waals surface area contributed by atoms with Gasteiger partial charge in [-0.3, -0.25) is 10.1 Å². The largest absolute Gasteiger partial charge is 0.325 e. The fourth-order valence-corrected chi connectivity index (χ4v) is 0.859. The first-order valence-corrected chi connectivity index (χ1v) is 3.36. The van der Waals surface area contributed by atoms with E-state index in [0.29, 0.717) is 4.47 Å². The van der Waals surface area contributed by atoms with Gasteiger partial charge < -0.3 is 0 Å². The lowest BCUT2D eigenvalue weighted by atomic mass is 10.4. The third-order valence-electron chi connectivity index (χ3n) is 0.984. The van der Waals surface area contributed by atoms with Crippen LogP contribution in [-0.4, -0.2) is 9.91 Å². The molecule has 0 saturated heterocycles. The minimum absolute atomic E-state index is 0.380. The number of halogens is 2. The Morgan fingerprint density at radius 2 is 2.36 bits per heavy atom. The van der Waals surface area contributed by atoms with Crippen LogP contribution in [0.4, 0.5) is 10.1 Å². The topological polar surface area (TPSA) is 56.0 Å². The normalized spacial score (nSPS) is 9.64. The molecule has 1 rings (SSSR count). The van der Waals surface area contributed by atoms with Gasteiger partial charge in [0, 0.05) is 16.7 Å². The summed E-state index contributed by atoms with van der Waals surface area (Å²) in [5.41, 5.74) is -0.626. The van der Waals surface area contributed by atoms with Crippen molar-refractivity contribution in [3.63, 3.8) is 0 Å². The molecule has 0 fully saturated rings. The van der Waals surface area contributed by atoms with E-state index >= 15 is 0 Å². The average Bonchev–Trinajstić information content (AvgIpc) is 1.94. The summed E-state index contributed by atoms with van der Waals surface area (Å²) in [6.45, 7) is 0. The molecule has 0 bridgehead atoms. The Kier molecular flexibility index (Phi) is 2.13. The number of hydrogen-bond donors (Lipinski definition) is 0. The standard InChI is InChI=1S/C5H2BrFN2O2/c6-3-1-4(9(10)11)5(7)8-2-3/h1-2H. The summed E-state index contributed by atoms with van der Waals surface area (Å²) >= 11 is 2.93. The highest BCUT2D eigenvalue weighted by Gasteiger charge is 2.14. The molecule has 0 unspecified atom stereocenters. The summed E-state index contributed by atoms with van der Waals surface area (Å²) in [5, 5.41) is 10.1. The molecule has 0 spiro atoms. The lowest BCUT2D eigenvalue weighted by Gasteiger charge is -1.91. The zero-order valence-electron chi connectivity index (χ0n) is 5.12. The minimum atomic E-state index is -1.07. The Morgan fingerprint density at radius 3 is 2.82 bits per heavy atom. The van der Waals surface area contributed by atoms with Crippen LogP contribution in [0.5, 0.6) is 0 Å². The van der Waals surface area contributed by atoms with Crippen LogP contribution in [0.1, 0.15) is 0 Å². The maximum Gasteiger partial charge on any atom is 0.325 e. The van der Waals surface area contributed by atoms with Crippen molar-refractivity contribution in [2.75, 3.05) is 0 Å². The predicted octanol–water partition coefficient (Wildman–Crippen LogP) is 1.89. The maximum absolute atomic E-state index is 12.4. The van der Waals surface area contributed by atoms with Crippen LogP contribution < -0.4 is 0 Å². The van der Waals surface area contributed by atoms with Gasteiger partial charge in [-0.25, -0.2) is 4.98 Å². The van der Waals surface area contributed by atoms with E-state index in [1.54, 1.807) is 0 Å². The van der Waals surface area contributed by atoms with Gasteiger partial charge in [0.15, 0.2) is 0 Å². The van der Waals surface area contributed by atoms with E-state index in [1.165, 1.54) is 0 Å². The first-order valence-electron chi connectivity index (χ1n) is 2.56. The fraction of sp³-hybridized carbons (Fsp3) is 0. The molecule has 11 heavy (non-hydrogen) atoms. The molecule has 1 aromatic rings. The molecule has 1 aromatic heterocycles. The van der Waals surface area contributed by atoms with Crippen LogP contribution in [0.15, 0.2) is 16.7 Å².